The van der Waals surface area contributed by atoms with Crippen LogP contribution in [0.25, 0.3) is 0 Å². The van der Waals surface area contributed by atoms with Crippen LogP contribution < -0.4 is 4.57 Å². The van der Waals surface area contributed by atoms with Crippen molar-refractivity contribution >= 4 is 0 Å². The molecule has 0 atom stereocenters. The van der Waals surface area contributed by atoms with E-state index in [2.05, 4.69) is 9.97 Å². The van der Waals surface area contributed by atoms with Gasteiger partial charge in [0, 0.05) is 24.5 Å². The van der Waals surface area contributed by atoms with Gasteiger partial charge in [0.15, 0.2) is 18.2 Å². The average molecular weight is 172 g/mol. The number of rotatable bonds is 2. The lowest BCUT2D eigenvalue weighted by atomic mass is 10.4. The van der Waals surface area contributed by atoms with E-state index in [0.717, 1.165) is 12.4 Å². The van der Waals surface area contributed by atoms with Crippen molar-refractivity contribution in [2.75, 3.05) is 0 Å². The summed E-state index contributed by atoms with van der Waals surface area (Å²) in [7, 11) is 0. The maximum atomic E-state index is 4.14. The standard InChI is InChI=1S/C10H10N3/c1-2-7-13(8-3-1)9-10-11-5-4-6-12-10/h1-8H,9H2/q+1. The zero-order chi connectivity index (χ0) is 8.93. The van der Waals surface area contributed by atoms with Crippen molar-refractivity contribution in [2.45, 2.75) is 6.54 Å². The van der Waals surface area contributed by atoms with E-state index < -0.39 is 0 Å². The topological polar surface area (TPSA) is 29.7 Å². The van der Waals surface area contributed by atoms with Crippen LogP contribution in [0.2, 0.25) is 0 Å². The predicted octanol–water partition coefficient (Wildman–Crippen LogP) is 0.812. The van der Waals surface area contributed by atoms with Gasteiger partial charge in [-0.25, -0.2) is 9.97 Å². The van der Waals surface area contributed by atoms with E-state index in [9.17, 15) is 0 Å². The fourth-order valence-corrected chi connectivity index (χ4v) is 1.11. The Labute approximate surface area is 76.7 Å². The lowest BCUT2D eigenvalue weighted by molar-refractivity contribution is -0.689. The molecule has 0 amide bonds. The minimum Gasteiger partial charge on any atom is -0.235 e. The Morgan fingerprint density at radius 2 is 1.62 bits per heavy atom. The molecule has 0 saturated carbocycles. The van der Waals surface area contributed by atoms with Crippen LogP contribution >= 0.6 is 0 Å². The molecule has 0 aromatic carbocycles. The molecule has 0 aliphatic carbocycles. The summed E-state index contributed by atoms with van der Waals surface area (Å²) in [4.78, 5) is 8.28. The molecule has 0 N–H and O–H groups in total. The summed E-state index contributed by atoms with van der Waals surface area (Å²) in [5.74, 6) is 0.832. The largest absolute Gasteiger partial charge is 0.235 e. The zero-order valence-corrected chi connectivity index (χ0v) is 7.17. The summed E-state index contributed by atoms with van der Waals surface area (Å²) in [5, 5.41) is 0. The van der Waals surface area contributed by atoms with Gasteiger partial charge >= 0.3 is 0 Å². The van der Waals surface area contributed by atoms with Gasteiger partial charge in [0.25, 0.3) is 0 Å². The van der Waals surface area contributed by atoms with Crippen LogP contribution in [0.5, 0.6) is 0 Å². The highest BCUT2D eigenvalue weighted by Gasteiger charge is 2.01. The highest BCUT2D eigenvalue weighted by atomic mass is 15.0. The van der Waals surface area contributed by atoms with Gasteiger partial charge in [-0.2, -0.15) is 4.57 Å². The lowest BCUT2D eigenvalue weighted by Gasteiger charge is -1.93. The molecular formula is C10H10N3+. The third-order valence-electron chi connectivity index (χ3n) is 1.72. The first-order valence-corrected chi connectivity index (χ1v) is 4.15. The first-order chi connectivity index (χ1) is 6.45. The monoisotopic (exact) mass is 172 g/mol. The van der Waals surface area contributed by atoms with Crippen molar-refractivity contribution in [3.05, 3.63) is 54.9 Å². The normalized spacial score (nSPS) is 9.85. The van der Waals surface area contributed by atoms with Crippen LogP contribution in [0.4, 0.5) is 0 Å². The Balaban J connectivity index is 2.16. The van der Waals surface area contributed by atoms with Crippen molar-refractivity contribution < 1.29 is 4.57 Å². The van der Waals surface area contributed by atoms with E-state index in [-0.39, 0.29) is 0 Å². The van der Waals surface area contributed by atoms with Crippen LogP contribution in [0.1, 0.15) is 5.82 Å². The van der Waals surface area contributed by atoms with Gasteiger partial charge in [-0.05, 0) is 6.07 Å². The van der Waals surface area contributed by atoms with E-state index >= 15 is 0 Å². The molecule has 0 spiro atoms. The Bertz CT molecular complexity index is 321. The molecule has 2 rings (SSSR count). The molecule has 0 aliphatic rings. The number of hydrogen-bond donors (Lipinski definition) is 0. The minimum atomic E-state index is 0.724. The van der Waals surface area contributed by atoms with Crippen molar-refractivity contribution in [1.82, 2.24) is 9.97 Å². The number of hydrogen-bond acceptors (Lipinski definition) is 2. The Hall–Kier alpha value is -1.77. The zero-order valence-electron chi connectivity index (χ0n) is 7.17. The molecule has 0 radical (unpaired) electrons. The number of nitrogens with zero attached hydrogens (tertiary/aromatic N) is 3. The summed E-state index contributed by atoms with van der Waals surface area (Å²) >= 11 is 0. The maximum absolute atomic E-state index is 4.14. The maximum Gasteiger partial charge on any atom is 0.207 e. The number of aromatic nitrogens is 3. The molecule has 2 aromatic heterocycles. The first kappa shape index (κ1) is 7.86. The molecule has 64 valence electrons. The Morgan fingerprint density at radius 1 is 0.923 bits per heavy atom. The van der Waals surface area contributed by atoms with Crippen molar-refractivity contribution in [2.24, 2.45) is 0 Å². The third-order valence-corrected chi connectivity index (χ3v) is 1.72. The molecule has 0 aliphatic heterocycles. The molecule has 0 unspecified atom stereocenters. The minimum absolute atomic E-state index is 0.724. The molecule has 0 bridgehead atoms. The fourth-order valence-electron chi connectivity index (χ4n) is 1.11. The van der Waals surface area contributed by atoms with E-state index in [4.69, 9.17) is 0 Å². The van der Waals surface area contributed by atoms with Crippen LogP contribution in [0.3, 0.4) is 0 Å². The van der Waals surface area contributed by atoms with Gasteiger partial charge in [0.2, 0.25) is 6.54 Å². The Morgan fingerprint density at radius 3 is 2.31 bits per heavy atom. The van der Waals surface area contributed by atoms with Gasteiger partial charge < -0.3 is 0 Å². The molecule has 2 heterocycles. The van der Waals surface area contributed by atoms with Gasteiger partial charge in [0.05, 0.1) is 0 Å². The van der Waals surface area contributed by atoms with Crippen LogP contribution in [-0.2, 0) is 6.54 Å². The average Bonchev–Trinajstić information content (AvgIpc) is 2.21. The molecule has 0 saturated heterocycles. The lowest BCUT2D eigenvalue weighted by Crippen LogP contribution is -2.33. The van der Waals surface area contributed by atoms with Gasteiger partial charge in [0.1, 0.15) is 0 Å². The van der Waals surface area contributed by atoms with Gasteiger partial charge in [-0.1, -0.05) is 6.07 Å². The summed E-state index contributed by atoms with van der Waals surface area (Å²) in [5.41, 5.74) is 0. The first-order valence-electron chi connectivity index (χ1n) is 4.15. The van der Waals surface area contributed by atoms with E-state index in [1.54, 1.807) is 12.4 Å². The van der Waals surface area contributed by atoms with Crippen LogP contribution in [-0.4, -0.2) is 9.97 Å². The summed E-state index contributed by atoms with van der Waals surface area (Å²) < 4.78 is 2.04. The molecule has 13 heavy (non-hydrogen) atoms. The predicted molar refractivity (Wildman–Crippen MR) is 47.8 cm³/mol. The molecule has 3 heteroatoms. The van der Waals surface area contributed by atoms with Gasteiger partial charge in [-0.3, -0.25) is 0 Å². The molecule has 3 nitrogen and oxygen atoms in total. The summed E-state index contributed by atoms with van der Waals surface area (Å²) in [6.45, 7) is 0.724. The van der Waals surface area contributed by atoms with Crippen molar-refractivity contribution in [3.8, 4) is 0 Å². The van der Waals surface area contributed by atoms with E-state index in [1.807, 2.05) is 41.2 Å². The highest BCUT2D eigenvalue weighted by Crippen LogP contribution is 1.86. The summed E-state index contributed by atoms with van der Waals surface area (Å²) in [6, 6.07) is 7.79. The second-order valence-corrected chi connectivity index (χ2v) is 2.71. The number of pyridine rings is 1. The fraction of sp³-hybridized carbons (Fsp3) is 0.100. The quantitative estimate of drug-likeness (QED) is 0.627. The SMILES string of the molecule is c1cc[n+](Cc2ncccn2)cc1. The van der Waals surface area contributed by atoms with E-state index in [0.29, 0.717) is 0 Å². The Kier molecular flexibility index (Phi) is 2.27. The second kappa shape index (κ2) is 3.76. The smallest absolute Gasteiger partial charge is 0.207 e. The van der Waals surface area contributed by atoms with Gasteiger partial charge in [-0.15, -0.1) is 0 Å². The van der Waals surface area contributed by atoms with Crippen LogP contribution in [0, 0.1) is 0 Å². The highest BCUT2D eigenvalue weighted by molar-refractivity contribution is 4.87. The molecule has 2 aromatic rings. The second-order valence-electron chi connectivity index (χ2n) is 2.71. The van der Waals surface area contributed by atoms with E-state index in [1.165, 1.54) is 0 Å². The summed E-state index contributed by atoms with van der Waals surface area (Å²) in [6.07, 6.45) is 7.50. The third kappa shape index (κ3) is 2.08. The molecule has 0 fully saturated rings. The molecular weight excluding hydrogens is 162 g/mol. The van der Waals surface area contributed by atoms with Crippen LogP contribution in [0.15, 0.2) is 49.1 Å². The van der Waals surface area contributed by atoms with Crippen molar-refractivity contribution in [3.63, 3.8) is 0 Å². The van der Waals surface area contributed by atoms with Crippen molar-refractivity contribution in [1.29, 1.82) is 0 Å².